The first-order valence-corrected chi connectivity index (χ1v) is 11.7. The number of carbonyl (C=O) groups excluding carboxylic acids is 2. The van der Waals surface area contributed by atoms with Crippen LogP contribution in [0.1, 0.15) is 35.2 Å². The van der Waals surface area contributed by atoms with Gasteiger partial charge in [-0.25, -0.2) is 4.98 Å². The van der Waals surface area contributed by atoms with Crippen molar-refractivity contribution in [2.45, 2.75) is 25.8 Å². The normalized spacial score (nSPS) is 14.0. The molecule has 5 nitrogen and oxygen atoms in total. The summed E-state index contributed by atoms with van der Waals surface area (Å²) >= 11 is 1.60. The van der Waals surface area contributed by atoms with Crippen LogP contribution in [0.5, 0.6) is 0 Å². The molecular formula is C26H23N3O2S. The van der Waals surface area contributed by atoms with Crippen LogP contribution in [0, 0.1) is 0 Å². The molecule has 0 bridgehead atoms. The third-order valence-electron chi connectivity index (χ3n) is 5.71. The van der Waals surface area contributed by atoms with E-state index in [-0.39, 0.29) is 11.8 Å². The van der Waals surface area contributed by atoms with Crippen LogP contribution in [-0.2, 0) is 11.3 Å². The van der Waals surface area contributed by atoms with Gasteiger partial charge in [0.2, 0.25) is 5.91 Å². The molecule has 0 aliphatic carbocycles. The molecule has 1 saturated heterocycles. The van der Waals surface area contributed by atoms with Crippen LogP contribution in [0.3, 0.4) is 0 Å². The maximum absolute atomic E-state index is 13.3. The molecule has 1 N–H and O–H groups in total. The Morgan fingerprint density at radius 1 is 1.03 bits per heavy atom. The molecule has 1 aliphatic heterocycles. The molecule has 6 heteroatoms. The van der Waals surface area contributed by atoms with Crippen LogP contribution in [0.4, 0.5) is 5.69 Å². The number of aromatic nitrogens is 1. The van der Waals surface area contributed by atoms with Crippen molar-refractivity contribution in [3.8, 4) is 10.6 Å². The minimum atomic E-state index is -0.174. The van der Waals surface area contributed by atoms with Crippen LogP contribution in [0.25, 0.3) is 21.5 Å². The number of fused-ring (bicyclic) bond motifs is 1. The Balaban J connectivity index is 1.42. The smallest absolute Gasteiger partial charge is 0.256 e. The van der Waals surface area contributed by atoms with Crippen molar-refractivity contribution in [2.24, 2.45) is 0 Å². The molecular weight excluding hydrogens is 418 g/mol. The van der Waals surface area contributed by atoms with E-state index in [1.54, 1.807) is 11.3 Å². The number of hydrogen-bond donors (Lipinski definition) is 1. The predicted molar refractivity (Wildman–Crippen MR) is 129 cm³/mol. The Bertz CT molecular complexity index is 1280. The number of likely N-dealkylation sites (tertiary alicyclic amines) is 1. The summed E-state index contributed by atoms with van der Waals surface area (Å²) in [5.74, 6) is 0.0302. The second-order valence-corrected chi connectivity index (χ2v) is 8.92. The maximum Gasteiger partial charge on any atom is 0.256 e. The number of hydrogen-bond acceptors (Lipinski definition) is 4. The third-order valence-corrected chi connectivity index (χ3v) is 6.61. The summed E-state index contributed by atoms with van der Waals surface area (Å²) in [4.78, 5) is 33.1. The highest BCUT2D eigenvalue weighted by Crippen LogP contribution is 2.28. The quantitative estimate of drug-likeness (QED) is 0.430. The van der Waals surface area contributed by atoms with Crippen molar-refractivity contribution >= 4 is 39.7 Å². The maximum atomic E-state index is 13.3. The summed E-state index contributed by atoms with van der Waals surface area (Å²) < 4.78 is 0. The van der Waals surface area contributed by atoms with Gasteiger partial charge in [-0.3, -0.25) is 9.59 Å². The van der Waals surface area contributed by atoms with E-state index < -0.39 is 0 Å². The van der Waals surface area contributed by atoms with Crippen LogP contribution in [-0.4, -0.2) is 28.2 Å². The fourth-order valence-corrected chi connectivity index (χ4v) is 4.80. The molecule has 4 aromatic rings. The molecule has 0 spiro atoms. The van der Waals surface area contributed by atoms with Gasteiger partial charge < -0.3 is 10.2 Å². The van der Waals surface area contributed by atoms with E-state index in [4.69, 9.17) is 4.98 Å². The van der Waals surface area contributed by atoms with E-state index in [2.05, 4.69) is 5.32 Å². The zero-order chi connectivity index (χ0) is 21.9. The van der Waals surface area contributed by atoms with Crippen LogP contribution in [0.2, 0.25) is 0 Å². The van der Waals surface area contributed by atoms with Gasteiger partial charge in [0.15, 0.2) is 0 Å². The molecule has 2 aromatic heterocycles. The fraction of sp³-hybridized carbons (Fsp3) is 0.192. The molecule has 5 rings (SSSR count). The Kier molecular flexibility index (Phi) is 5.69. The number of nitrogens with zero attached hydrogens (tertiary/aromatic N) is 2. The van der Waals surface area contributed by atoms with E-state index in [1.165, 1.54) is 0 Å². The van der Waals surface area contributed by atoms with Crippen molar-refractivity contribution < 1.29 is 9.59 Å². The van der Waals surface area contributed by atoms with Gasteiger partial charge in [0.05, 0.1) is 21.7 Å². The van der Waals surface area contributed by atoms with Crippen LogP contribution < -0.4 is 5.32 Å². The number of benzene rings is 2. The average molecular weight is 442 g/mol. The second kappa shape index (κ2) is 8.93. The van der Waals surface area contributed by atoms with Crippen molar-refractivity contribution in [1.29, 1.82) is 0 Å². The molecule has 1 aliphatic rings. The largest absolute Gasteiger partial charge is 0.338 e. The molecule has 32 heavy (non-hydrogen) atoms. The van der Waals surface area contributed by atoms with E-state index in [0.29, 0.717) is 18.5 Å². The Morgan fingerprint density at radius 3 is 2.78 bits per heavy atom. The summed E-state index contributed by atoms with van der Waals surface area (Å²) in [6, 6.07) is 21.3. The minimum Gasteiger partial charge on any atom is -0.338 e. The second-order valence-electron chi connectivity index (χ2n) is 7.98. The standard InChI is InChI=1S/C26H23N3O2S/c30-25-12-3-4-13-29(25)17-18-7-5-8-19(15-18)27-26(31)21-16-23(24-11-6-14-32-24)28-22-10-2-1-9-20(21)22/h1-2,5-11,14-16H,3-4,12-13,17H2,(H,27,31). The van der Waals surface area contributed by atoms with E-state index in [0.717, 1.165) is 52.1 Å². The molecule has 1 fully saturated rings. The first kappa shape index (κ1) is 20.4. The lowest BCUT2D eigenvalue weighted by atomic mass is 10.1. The molecule has 0 radical (unpaired) electrons. The van der Waals surface area contributed by atoms with Crippen molar-refractivity contribution in [3.63, 3.8) is 0 Å². The predicted octanol–water partition coefficient (Wildman–Crippen LogP) is 5.73. The van der Waals surface area contributed by atoms with E-state index in [1.807, 2.05) is 77.0 Å². The highest BCUT2D eigenvalue weighted by atomic mass is 32.1. The molecule has 3 heterocycles. The summed E-state index contributed by atoms with van der Waals surface area (Å²) in [6.45, 7) is 1.37. The zero-order valence-electron chi connectivity index (χ0n) is 17.6. The summed E-state index contributed by atoms with van der Waals surface area (Å²) in [5.41, 5.74) is 3.91. The van der Waals surface area contributed by atoms with Crippen LogP contribution in [0.15, 0.2) is 72.1 Å². The Labute approximate surface area is 190 Å². The van der Waals surface area contributed by atoms with Crippen molar-refractivity contribution in [1.82, 2.24) is 9.88 Å². The molecule has 0 saturated carbocycles. The Hall–Kier alpha value is -3.51. The molecule has 2 amide bonds. The summed E-state index contributed by atoms with van der Waals surface area (Å²) in [6.07, 6.45) is 2.64. The molecule has 0 atom stereocenters. The first-order valence-electron chi connectivity index (χ1n) is 10.8. The lowest BCUT2D eigenvalue weighted by Gasteiger charge is -2.26. The van der Waals surface area contributed by atoms with Crippen molar-refractivity contribution in [3.05, 3.63) is 83.2 Å². The summed E-state index contributed by atoms with van der Waals surface area (Å²) in [7, 11) is 0. The number of thiophene rings is 1. The van der Waals surface area contributed by atoms with Gasteiger partial charge in [0.25, 0.3) is 5.91 Å². The monoisotopic (exact) mass is 441 g/mol. The van der Waals surface area contributed by atoms with Gasteiger partial charge in [-0.1, -0.05) is 36.4 Å². The van der Waals surface area contributed by atoms with Gasteiger partial charge in [-0.2, -0.15) is 0 Å². The molecule has 2 aromatic carbocycles. The highest BCUT2D eigenvalue weighted by Gasteiger charge is 2.19. The number of carbonyl (C=O) groups is 2. The third kappa shape index (κ3) is 4.27. The van der Waals surface area contributed by atoms with E-state index in [9.17, 15) is 9.59 Å². The number of rotatable bonds is 5. The number of piperidine rings is 1. The van der Waals surface area contributed by atoms with Crippen LogP contribution >= 0.6 is 11.3 Å². The lowest BCUT2D eigenvalue weighted by molar-refractivity contribution is -0.133. The minimum absolute atomic E-state index is 0.174. The Morgan fingerprint density at radius 2 is 1.94 bits per heavy atom. The van der Waals surface area contributed by atoms with Gasteiger partial charge in [0, 0.05) is 30.6 Å². The SMILES string of the molecule is O=C(Nc1cccc(CN2CCCCC2=O)c1)c1cc(-c2cccs2)nc2ccccc12. The number of pyridine rings is 1. The highest BCUT2D eigenvalue weighted by molar-refractivity contribution is 7.13. The number of amides is 2. The van der Waals surface area contributed by atoms with Gasteiger partial charge in [-0.05, 0) is 54.1 Å². The molecule has 0 unspecified atom stereocenters. The topological polar surface area (TPSA) is 62.3 Å². The lowest BCUT2D eigenvalue weighted by Crippen LogP contribution is -2.34. The first-order chi connectivity index (χ1) is 15.7. The molecule has 160 valence electrons. The number of para-hydroxylation sites is 1. The van der Waals surface area contributed by atoms with Gasteiger partial charge >= 0.3 is 0 Å². The van der Waals surface area contributed by atoms with E-state index >= 15 is 0 Å². The van der Waals surface area contributed by atoms with Crippen molar-refractivity contribution in [2.75, 3.05) is 11.9 Å². The average Bonchev–Trinajstić information content (AvgIpc) is 3.35. The number of anilines is 1. The van der Waals surface area contributed by atoms with Gasteiger partial charge in [0.1, 0.15) is 0 Å². The fourth-order valence-electron chi connectivity index (χ4n) is 4.11. The van der Waals surface area contributed by atoms with Gasteiger partial charge in [-0.15, -0.1) is 11.3 Å². The zero-order valence-corrected chi connectivity index (χ0v) is 18.4. The number of nitrogens with one attached hydrogen (secondary N) is 1. The summed E-state index contributed by atoms with van der Waals surface area (Å²) in [5, 5.41) is 5.87.